The molecule has 0 atom stereocenters. The minimum atomic E-state index is 0.00189. The first-order valence-corrected chi connectivity index (χ1v) is 13.9. The summed E-state index contributed by atoms with van der Waals surface area (Å²) < 4.78 is 0. The molecule has 8 nitrogen and oxygen atoms in total. The van der Waals surface area contributed by atoms with E-state index in [4.69, 9.17) is 0 Å². The van der Waals surface area contributed by atoms with Crippen molar-refractivity contribution in [2.75, 3.05) is 67.5 Å². The lowest BCUT2D eigenvalue weighted by molar-refractivity contribution is 0.0734. The van der Waals surface area contributed by atoms with Crippen LogP contribution in [0.3, 0.4) is 0 Å². The zero-order chi connectivity index (χ0) is 27.4. The molecule has 2 aromatic carbocycles. The Kier molecular flexibility index (Phi) is 8.00. The first kappa shape index (κ1) is 26.5. The summed E-state index contributed by atoms with van der Waals surface area (Å²) in [6, 6.07) is 19.8. The molecule has 2 saturated heterocycles. The Morgan fingerprint density at radius 1 is 0.718 bits per heavy atom. The van der Waals surface area contributed by atoms with Gasteiger partial charge in [0, 0.05) is 81.4 Å². The second-order valence-corrected chi connectivity index (χ2v) is 10.6. The number of rotatable bonds is 6. The van der Waals surface area contributed by atoms with Gasteiger partial charge in [-0.25, -0.2) is 4.98 Å². The summed E-state index contributed by atoms with van der Waals surface area (Å²) in [5, 5.41) is 3.46. The highest BCUT2D eigenvalue weighted by atomic mass is 16.2. The van der Waals surface area contributed by atoms with Gasteiger partial charge in [0.05, 0.1) is 5.69 Å². The third-order valence-corrected chi connectivity index (χ3v) is 7.50. The quantitative estimate of drug-likeness (QED) is 0.521. The molecule has 0 unspecified atom stereocenters. The fourth-order valence-electron chi connectivity index (χ4n) is 5.38. The van der Waals surface area contributed by atoms with Crippen LogP contribution in [0.4, 0.5) is 17.2 Å². The lowest BCUT2D eigenvalue weighted by atomic mass is 10.1. The molecule has 0 bridgehead atoms. The van der Waals surface area contributed by atoms with E-state index in [0.717, 1.165) is 37.7 Å². The van der Waals surface area contributed by atoms with E-state index in [1.165, 1.54) is 11.3 Å². The van der Waals surface area contributed by atoms with E-state index in [0.29, 0.717) is 43.3 Å². The van der Waals surface area contributed by atoms with Gasteiger partial charge in [-0.3, -0.25) is 9.59 Å². The summed E-state index contributed by atoms with van der Waals surface area (Å²) in [4.78, 5) is 39.3. The number of piperazine rings is 2. The van der Waals surface area contributed by atoms with Crippen molar-refractivity contribution in [3.8, 4) is 0 Å². The highest BCUT2D eigenvalue weighted by Gasteiger charge is 2.26. The molecule has 0 radical (unpaired) electrons. The number of carbonyl (C=O) groups excluding carboxylic acids is 2. The van der Waals surface area contributed by atoms with Crippen LogP contribution in [0, 0.1) is 6.92 Å². The number of hydrogen-bond donors (Lipinski definition) is 1. The Hall–Kier alpha value is -4.07. The fraction of sp³-hybridized carbons (Fsp3) is 0.387. The van der Waals surface area contributed by atoms with Gasteiger partial charge in [-0.15, -0.1) is 0 Å². The van der Waals surface area contributed by atoms with Gasteiger partial charge < -0.3 is 24.9 Å². The number of para-hydroxylation sites is 1. The molecule has 204 valence electrons. The highest BCUT2D eigenvalue weighted by Crippen LogP contribution is 2.25. The number of amides is 2. The number of benzene rings is 2. The molecule has 3 aromatic rings. The number of nitrogens with zero attached hydrogens (tertiary/aromatic N) is 5. The van der Waals surface area contributed by atoms with Crippen LogP contribution in [0.1, 0.15) is 40.1 Å². The van der Waals surface area contributed by atoms with Gasteiger partial charge in [-0.05, 0) is 68.8 Å². The summed E-state index contributed by atoms with van der Waals surface area (Å²) in [6.45, 7) is 12.0. The van der Waals surface area contributed by atoms with Crippen LogP contribution in [0.25, 0.3) is 0 Å². The molecule has 2 aliphatic rings. The van der Waals surface area contributed by atoms with E-state index in [-0.39, 0.29) is 11.8 Å². The molecule has 2 fully saturated rings. The molecule has 1 aromatic heterocycles. The first-order valence-electron chi connectivity index (χ1n) is 13.9. The average molecular weight is 527 g/mol. The largest absolute Gasteiger partial charge is 0.380 e. The number of carbonyl (C=O) groups is 2. The molecule has 2 aliphatic heterocycles. The lowest BCUT2D eigenvalue weighted by Crippen LogP contribution is -2.49. The normalized spacial score (nSPS) is 16.0. The van der Waals surface area contributed by atoms with Gasteiger partial charge in [0.15, 0.2) is 5.82 Å². The third kappa shape index (κ3) is 6.00. The number of hydrogen-bond acceptors (Lipinski definition) is 6. The summed E-state index contributed by atoms with van der Waals surface area (Å²) in [6.07, 6.45) is 1.81. The van der Waals surface area contributed by atoms with Gasteiger partial charge in [-0.1, -0.05) is 18.2 Å². The van der Waals surface area contributed by atoms with Gasteiger partial charge in [0.2, 0.25) is 0 Å². The lowest BCUT2D eigenvalue weighted by Gasteiger charge is -2.37. The average Bonchev–Trinajstić information content (AvgIpc) is 2.97. The van der Waals surface area contributed by atoms with Crippen LogP contribution >= 0.6 is 0 Å². The Balaban J connectivity index is 1.15. The van der Waals surface area contributed by atoms with E-state index < -0.39 is 0 Å². The maximum Gasteiger partial charge on any atom is 0.253 e. The van der Waals surface area contributed by atoms with Gasteiger partial charge in [0.25, 0.3) is 11.8 Å². The van der Waals surface area contributed by atoms with Crippen molar-refractivity contribution >= 4 is 29.0 Å². The van der Waals surface area contributed by atoms with Gasteiger partial charge in [-0.2, -0.15) is 0 Å². The molecule has 1 N–H and O–H groups in total. The van der Waals surface area contributed by atoms with Crippen LogP contribution in [-0.4, -0.2) is 85.0 Å². The molecule has 3 heterocycles. The van der Waals surface area contributed by atoms with Crippen molar-refractivity contribution in [3.05, 3.63) is 83.6 Å². The first-order chi connectivity index (χ1) is 18.9. The van der Waals surface area contributed by atoms with Crippen LogP contribution in [0.15, 0.2) is 66.9 Å². The summed E-state index contributed by atoms with van der Waals surface area (Å²) in [5.74, 6) is 0.955. The summed E-state index contributed by atoms with van der Waals surface area (Å²) >= 11 is 0. The molecule has 8 heteroatoms. The number of anilines is 3. The monoisotopic (exact) mass is 526 g/mol. The van der Waals surface area contributed by atoms with E-state index in [9.17, 15) is 9.59 Å². The van der Waals surface area contributed by atoms with Crippen LogP contribution in [0.2, 0.25) is 0 Å². The zero-order valence-corrected chi connectivity index (χ0v) is 23.1. The number of nitrogens with one attached hydrogen (secondary N) is 1. The predicted molar refractivity (Wildman–Crippen MR) is 157 cm³/mol. The van der Waals surface area contributed by atoms with Crippen molar-refractivity contribution in [2.45, 2.75) is 26.8 Å². The maximum atomic E-state index is 13.2. The molecular formula is C31H38N6O2. The Morgan fingerprint density at radius 3 is 1.79 bits per heavy atom. The molecule has 0 aliphatic carbocycles. The van der Waals surface area contributed by atoms with Crippen molar-refractivity contribution < 1.29 is 9.59 Å². The van der Waals surface area contributed by atoms with Crippen molar-refractivity contribution in [1.29, 1.82) is 0 Å². The van der Waals surface area contributed by atoms with Gasteiger partial charge in [0.1, 0.15) is 0 Å². The standard InChI is InChI=1S/C31H38N6O2/c1-23(2)33-27-8-6-14-32-29(27)35-17-21-37(22-18-35)31(39)26-12-10-25(11-13-26)30(38)36-19-15-34(16-20-36)28-9-5-4-7-24(28)3/h4-14,23,33H,15-22H2,1-3H3. The van der Waals surface area contributed by atoms with Crippen LogP contribution in [-0.2, 0) is 0 Å². The summed E-state index contributed by atoms with van der Waals surface area (Å²) in [5.41, 5.74) is 4.75. The van der Waals surface area contributed by atoms with E-state index in [2.05, 4.69) is 65.1 Å². The maximum absolute atomic E-state index is 13.2. The van der Waals surface area contributed by atoms with E-state index in [1.807, 2.05) is 28.1 Å². The molecule has 5 rings (SSSR count). The molecule has 2 amide bonds. The topological polar surface area (TPSA) is 72.0 Å². The van der Waals surface area contributed by atoms with E-state index in [1.54, 1.807) is 24.3 Å². The van der Waals surface area contributed by atoms with Gasteiger partial charge >= 0.3 is 0 Å². The minimum Gasteiger partial charge on any atom is -0.380 e. The van der Waals surface area contributed by atoms with Crippen molar-refractivity contribution in [2.24, 2.45) is 0 Å². The Labute approximate surface area is 231 Å². The minimum absolute atomic E-state index is 0.00189. The molecule has 0 saturated carbocycles. The van der Waals surface area contributed by atoms with Crippen LogP contribution in [0.5, 0.6) is 0 Å². The fourth-order valence-corrected chi connectivity index (χ4v) is 5.38. The Morgan fingerprint density at radius 2 is 1.26 bits per heavy atom. The van der Waals surface area contributed by atoms with Crippen molar-refractivity contribution in [3.63, 3.8) is 0 Å². The molecule has 0 spiro atoms. The molecule has 39 heavy (non-hydrogen) atoms. The second kappa shape index (κ2) is 11.8. The van der Waals surface area contributed by atoms with Crippen molar-refractivity contribution in [1.82, 2.24) is 14.8 Å². The molecular weight excluding hydrogens is 488 g/mol. The predicted octanol–water partition coefficient (Wildman–Crippen LogP) is 4.14. The highest BCUT2D eigenvalue weighted by molar-refractivity contribution is 5.98. The second-order valence-electron chi connectivity index (χ2n) is 10.6. The number of aryl methyl sites for hydroxylation is 1. The van der Waals surface area contributed by atoms with Crippen LogP contribution < -0.4 is 15.1 Å². The zero-order valence-electron chi connectivity index (χ0n) is 23.1. The SMILES string of the molecule is Cc1ccccc1N1CCN(C(=O)c2ccc(C(=O)N3CCN(c4ncccc4NC(C)C)CC3)cc2)CC1. The Bertz CT molecular complexity index is 1290. The summed E-state index contributed by atoms with van der Waals surface area (Å²) in [7, 11) is 0. The number of aromatic nitrogens is 1. The third-order valence-electron chi connectivity index (χ3n) is 7.50. The van der Waals surface area contributed by atoms with E-state index >= 15 is 0 Å². The smallest absolute Gasteiger partial charge is 0.253 e. The number of pyridine rings is 1.